The molecule has 0 radical (unpaired) electrons. The van der Waals surface area contributed by atoms with Crippen LogP contribution in [0.1, 0.15) is 23.0 Å². The van der Waals surface area contributed by atoms with E-state index in [1.54, 1.807) is 4.90 Å². The van der Waals surface area contributed by atoms with E-state index in [9.17, 15) is 9.59 Å². The zero-order valence-corrected chi connectivity index (χ0v) is 15.7. The Kier molecular flexibility index (Phi) is 5.58. The first-order valence-electron chi connectivity index (χ1n) is 9.19. The third-order valence-corrected chi connectivity index (χ3v) is 5.18. The van der Waals surface area contributed by atoms with E-state index in [2.05, 4.69) is 17.2 Å². The molecule has 2 aromatic rings. The van der Waals surface area contributed by atoms with Crippen LogP contribution in [0.2, 0.25) is 0 Å². The summed E-state index contributed by atoms with van der Waals surface area (Å²) >= 11 is 0. The van der Waals surface area contributed by atoms with Crippen molar-refractivity contribution >= 4 is 28.5 Å². The number of rotatable bonds is 5. The van der Waals surface area contributed by atoms with Crippen molar-refractivity contribution in [1.82, 2.24) is 4.98 Å². The van der Waals surface area contributed by atoms with Crippen LogP contribution in [0.15, 0.2) is 18.2 Å². The minimum absolute atomic E-state index is 0.0764. The SMILES string of the molecule is CC[NH+]1CC[NH+](CC(=O)Nc2c(C(=O)OC)[nH]c3ccc(C)cc23)CC1. The van der Waals surface area contributed by atoms with Crippen LogP contribution in [-0.4, -0.2) is 63.2 Å². The number of anilines is 1. The average Bonchev–Trinajstić information content (AvgIpc) is 2.99. The van der Waals surface area contributed by atoms with Crippen molar-refractivity contribution in [3.8, 4) is 0 Å². The van der Waals surface area contributed by atoms with Crippen LogP contribution in [-0.2, 0) is 9.53 Å². The quantitative estimate of drug-likeness (QED) is 0.517. The summed E-state index contributed by atoms with van der Waals surface area (Å²) in [5.74, 6) is -0.561. The molecular formula is C19H28N4O3+2. The normalized spacial score (nSPS) is 20.1. The molecule has 0 aliphatic carbocycles. The fourth-order valence-electron chi connectivity index (χ4n) is 3.59. The topological polar surface area (TPSA) is 80.1 Å². The second-order valence-corrected chi connectivity index (χ2v) is 6.99. The Labute approximate surface area is 153 Å². The van der Waals surface area contributed by atoms with Crippen molar-refractivity contribution in [1.29, 1.82) is 0 Å². The summed E-state index contributed by atoms with van der Waals surface area (Å²) in [4.78, 5) is 30.7. The fourth-order valence-corrected chi connectivity index (χ4v) is 3.59. The number of likely N-dealkylation sites (N-methyl/N-ethyl adjacent to an activating group) is 1. The Morgan fingerprint density at radius 3 is 2.54 bits per heavy atom. The van der Waals surface area contributed by atoms with Crippen molar-refractivity contribution < 1.29 is 24.1 Å². The molecule has 140 valence electrons. The van der Waals surface area contributed by atoms with Crippen LogP contribution in [0.4, 0.5) is 5.69 Å². The summed E-state index contributed by atoms with van der Waals surface area (Å²) in [6.45, 7) is 9.90. The number of aromatic amines is 1. The maximum atomic E-state index is 12.6. The van der Waals surface area contributed by atoms with Gasteiger partial charge in [-0.2, -0.15) is 0 Å². The van der Waals surface area contributed by atoms with E-state index in [-0.39, 0.29) is 11.6 Å². The number of piperazine rings is 1. The molecular weight excluding hydrogens is 332 g/mol. The van der Waals surface area contributed by atoms with Crippen molar-refractivity contribution in [2.24, 2.45) is 0 Å². The molecule has 0 spiro atoms. The second-order valence-electron chi connectivity index (χ2n) is 6.99. The average molecular weight is 360 g/mol. The van der Waals surface area contributed by atoms with Crippen LogP contribution < -0.4 is 15.1 Å². The van der Waals surface area contributed by atoms with Gasteiger partial charge < -0.3 is 24.8 Å². The van der Waals surface area contributed by atoms with Crippen molar-refractivity contribution in [2.75, 3.05) is 51.7 Å². The number of hydrogen-bond donors (Lipinski definition) is 4. The monoisotopic (exact) mass is 360 g/mol. The largest absolute Gasteiger partial charge is 0.464 e. The molecule has 7 heteroatoms. The maximum absolute atomic E-state index is 12.6. The number of H-pyrrole nitrogens is 1. The molecule has 1 aromatic heterocycles. The van der Waals surface area contributed by atoms with E-state index >= 15 is 0 Å². The molecule has 0 saturated carbocycles. The van der Waals surface area contributed by atoms with Gasteiger partial charge in [-0.25, -0.2) is 4.79 Å². The molecule has 1 amide bonds. The molecule has 1 fully saturated rings. The fraction of sp³-hybridized carbons (Fsp3) is 0.474. The molecule has 0 unspecified atom stereocenters. The first kappa shape index (κ1) is 18.4. The minimum Gasteiger partial charge on any atom is -0.464 e. The number of aryl methyl sites for hydroxylation is 1. The molecule has 0 atom stereocenters. The Morgan fingerprint density at radius 1 is 1.19 bits per heavy atom. The zero-order valence-electron chi connectivity index (χ0n) is 15.7. The number of hydrogen-bond acceptors (Lipinski definition) is 3. The predicted molar refractivity (Wildman–Crippen MR) is 99.8 cm³/mol. The van der Waals surface area contributed by atoms with Crippen molar-refractivity contribution in [3.63, 3.8) is 0 Å². The highest BCUT2D eigenvalue weighted by atomic mass is 16.5. The molecule has 2 heterocycles. The molecule has 0 bridgehead atoms. The van der Waals surface area contributed by atoms with Crippen LogP contribution >= 0.6 is 0 Å². The molecule has 26 heavy (non-hydrogen) atoms. The summed E-state index contributed by atoms with van der Waals surface area (Å²) in [6, 6.07) is 5.83. The van der Waals surface area contributed by atoms with E-state index in [4.69, 9.17) is 4.74 Å². The lowest BCUT2D eigenvalue weighted by atomic mass is 10.1. The van der Waals surface area contributed by atoms with E-state index in [1.807, 2.05) is 25.1 Å². The zero-order chi connectivity index (χ0) is 18.7. The van der Waals surface area contributed by atoms with Crippen LogP contribution in [0.5, 0.6) is 0 Å². The van der Waals surface area contributed by atoms with E-state index in [0.29, 0.717) is 12.2 Å². The van der Waals surface area contributed by atoms with Gasteiger partial charge in [0.25, 0.3) is 5.91 Å². The maximum Gasteiger partial charge on any atom is 0.356 e. The Morgan fingerprint density at radius 2 is 1.88 bits per heavy atom. The molecule has 4 N–H and O–H groups in total. The van der Waals surface area contributed by atoms with Gasteiger partial charge in [-0.1, -0.05) is 11.6 Å². The van der Waals surface area contributed by atoms with Gasteiger partial charge in [0.05, 0.1) is 19.3 Å². The lowest BCUT2D eigenvalue weighted by molar-refractivity contribution is -1.01. The number of amides is 1. The molecule has 1 aromatic carbocycles. The van der Waals surface area contributed by atoms with Crippen LogP contribution in [0.25, 0.3) is 10.9 Å². The standard InChI is InChI=1S/C19H26N4O3/c1-4-22-7-9-23(10-8-22)12-16(24)21-17-14-11-13(2)5-6-15(14)20-18(17)19(25)26-3/h5-6,11,20H,4,7-10,12H2,1-3H3,(H,21,24)/p+2. The highest BCUT2D eigenvalue weighted by Crippen LogP contribution is 2.29. The highest BCUT2D eigenvalue weighted by Gasteiger charge is 2.25. The smallest absolute Gasteiger partial charge is 0.356 e. The number of ether oxygens (including phenoxy) is 1. The number of esters is 1. The summed E-state index contributed by atoms with van der Waals surface area (Å²) in [5, 5.41) is 3.78. The Bertz CT molecular complexity index is 806. The van der Waals surface area contributed by atoms with Crippen molar-refractivity contribution in [3.05, 3.63) is 29.5 Å². The second kappa shape index (κ2) is 7.88. The first-order chi connectivity index (χ1) is 12.5. The number of methoxy groups -OCH3 is 1. The van der Waals surface area contributed by atoms with Gasteiger partial charge >= 0.3 is 5.97 Å². The summed E-state index contributed by atoms with van der Waals surface area (Å²) in [5.41, 5.74) is 2.67. The van der Waals surface area contributed by atoms with Gasteiger partial charge in [-0.3, -0.25) is 4.79 Å². The van der Waals surface area contributed by atoms with E-state index in [0.717, 1.165) is 49.2 Å². The van der Waals surface area contributed by atoms with E-state index < -0.39 is 5.97 Å². The van der Waals surface area contributed by atoms with Gasteiger partial charge in [0.1, 0.15) is 31.9 Å². The number of carbonyl (C=O) groups is 2. The first-order valence-corrected chi connectivity index (χ1v) is 9.19. The van der Waals surface area contributed by atoms with Gasteiger partial charge in [-0.05, 0) is 26.0 Å². The Balaban J connectivity index is 1.77. The number of carbonyl (C=O) groups excluding carboxylic acids is 2. The molecule has 1 aliphatic rings. The number of benzene rings is 1. The van der Waals surface area contributed by atoms with Gasteiger partial charge in [-0.15, -0.1) is 0 Å². The highest BCUT2D eigenvalue weighted by molar-refractivity contribution is 6.11. The predicted octanol–water partition coefficient (Wildman–Crippen LogP) is -0.995. The molecule has 3 rings (SSSR count). The third kappa shape index (κ3) is 3.89. The molecule has 7 nitrogen and oxygen atoms in total. The molecule has 1 aliphatic heterocycles. The Hall–Kier alpha value is -2.38. The summed E-state index contributed by atoms with van der Waals surface area (Å²) in [6.07, 6.45) is 0. The summed E-state index contributed by atoms with van der Waals surface area (Å²) in [7, 11) is 1.34. The lowest BCUT2D eigenvalue weighted by Crippen LogP contribution is -3.28. The van der Waals surface area contributed by atoms with Gasteiger partial charge in [0.15, 0.2) is 6.54 Å². The number of fused-ring (bicyclic) bond motifs is 1. The van der Waals surface area contributed by atoms with Crippen LogP contribution in [0.3, 0.4) is 0 Å². The van der Waals surface area contributed by atoms with Crippen LogP contribution in [0, 0.1) is 6.92 Å². The van der Waals surface area contributed by atoms with E-state index in [1.165, 1.54) is 12.0 Å². The number of quaternary nitrogens is 2. The minimum atomic E-state index is -0.485. The van der Waals surface area contributed by atoms with Gasteiger partial charge in [0, 0.05) is 10.9 Å². The molecule has 1 saturated heterocycles. The third-order valence-electron chi connectivity index (χ3n) is 5.18. The lowest BCUT2D eigenvalue weighted by Gasteiger charge is -2.28. The summed E-state index contributed by atoms with van der Waals surface area (Å²) < 4.78 is 4.86. The van der Waals surface area contributed by atoms with Gasteiger partial charge in [0.2, 0.25) is 0 Å². The number of nitrogens with one attached hydrogen (secondary N) is 4. The van der Waals surface area contributed by atoms with Crippen molar-refractivity contribution in [2.45, 2.75) is 13.8 Å². The number of aromatic nitrogens is 1.